The molecule has 1 atom stereocenters. The Kier molecular flexibility index (Phi) is 5.04. The van der Waals surface area contributed by atoms with Gasteiger partial charge in [-0.2, -0.15) is 0 Å². The first-order valence-electron chi connectivity index (χ1n) is 9.25. The van der Waals surface area contributed by atoms with Crippen LogP contribution in [0.2, 0.25) is 0 Å². The molecule has 0 aliphatic carbocycles. The van der Waals surface area contributed by atoms with Crippen LogP contribution < -0.4 is 4.90 Å². The van der Waals surface area contributed by atoms with Gasteiger partial charge in [-0.15, -0.1) is 0 Å². The van der Waals surface area contributed by atoms with Crippen LogP contribution in [0.5, 0.6) is 0 Å². The predicted molar refractivity (Wildman–Crippen MR) is 111 cm³/mol. The van der Waals surface area contributed by atoms with Crippen LogP contribution in [0.25, 0.3) is 5.76 Å². The van der Waals surface area contributed by atoms with Crippen molar-refractivity contribution in [1.29, 1.82) is 0 Å². The van der Waals surface area contributed by atoms with E-state index in [4.69, 9.17) is 0 Å². The molecule has 0 unspecified atom stereocenters. The van der Waals surface area contributed by atoms with Crippen molar-refractivity contribution >= 4 is 28.8 Å². The summed E-state index contributed by atoms with van der Waals surface area (Å²) in [6.45, 7) is 0. The molecule has 0 spiro atoms. The van der Waals surface area contributed by atoms with E-state index in [1.54, 1.807) is 30.3 Å². The molecule has 1 amide bonds. The van der Waals surface area contributed by atoms with Crippen LogP contribution >= 0.6 is 0 Å². The molecule has 0 bridgehead atoms. The van der Waals surface area contributed by atoms with Gasteiger partial charge >= 0.3 is 0 Å². The second-order valence-electron chi connectivity index (χ2n) is 6.86. The van der Waals surface area contributed by atoms with Crippen molar-refractivity contribution in [3.63, 3.8) is 0 Å². The van der Waals surface area contributed by atoms with E-state index in [-0.39, 0.29) is 22.7 Å². The SMILES string of the molecule is O=C1C(=O)N(c2ccc(F)cc2)[C@H](c2ccc([N+](=O)[O-])cc2)C1=C(O)c1ccccc1. The van der Waals surface area contributed by atoms with Gasteiger partial charge in [0.15, 0.2) is 0 Å². The number of hydrogen-bond acceptors (Lipinski definition) is 5. The summed E-state index contributed by atoms with van der Waals surface area (Å²) in [7, 11) is 0. The van der Waals surface area contributed by atoms with Gasteiger partial charge in [0.05, 0.1) is 16.5 Å². The largest absolute Gasteiger partial charge is 0.507 e. The maximum absolute atomic E-state index is 13.4. The van der Waals surface area contributed by atoms with E-state index >= 15 is 0 Å². The first-order valence-corrected chi connectivity index (χ1v) is 9.25. The monoisotopic (exact) mass is 418 g/mol. The predicted octanol–water partition coefficient (Wildman–Crippen LogP) is 4.36. The number of anilines is 1. The molecule has 3 aromatic carbocycles. The zero-order valence-electron chi connectivity index (χ0n) is 15.9. The molecule has 1 N–H and O–H groups in total. The average molecular weight is 418 g/mol. The molecule has 0 saturated carbocycles. The molecule has 1 heterocycles. The summed E-state index contributed by atoms with van der Waals surface area (Å²) in [6.07, 6.45) is 0. The van der Waals surface area contributed by atoms with Crippen molar-refractivity contribution in [2.24, 2.45) is 0 Å². The summed E-state index contributed by atoms with van der Waals surface area (Å²) in [6, 6.07) is 17.6. The number of ketones is 1. The molecule has 4 rings (SSSR count). The molecule has 7 nitrogen and oxygen atoms in total. The molecule has 31 heavy (non-hydrogen) atoms. The smallest absolute Gasteiger partial charge is 0.300 e. The fraction of sp³-hybridized carbons (Fsp3) is 0.0435. The minimum absolute atomic E-state index is 0.158. The fourth-order valence-corrected chi connectivity index (χ4v) is 3.55. The number of nitro groups is 1. The van der Waals surface area contributed by atoms with E-state index in [1.807, 2.05) is 0 Å². The highest BCUT2D eigenvalue weighted by atomic mass is 19.1. The molecular weight excluding hydrogens is 403 g/mol. The second kappa shape index (κ2) is 7.83. The molecule has 0 aromatic heterocycles. The average Bonchev–Trinajstić information content (AvgIpc) is 3.05. The Balaban J connectivity index is 1.93. The number of amides is 1. The maximum Gasteiger partial charge on any atom is 0.300 e. The lowest BCUT2D eigenvalue weighted by molar-refractivity contribution is -0.384. The number of aliphatic hydroxyl groups excluding tert-OH is 1. The minimum atomic E-state index is -1.05. The van der Waals surface area contributed by atoms with Gasteiger partial charge in [-0.3, -0.25) is 24.6 Å². The maximum atomic E-state index is 13.4. The summed E-state index contributed by atoms with van der Waals surface area (Å²) in [5.74, 6) is -2.69. The number of Topliss-reactive ketones (excluding diaryl/α,β-unsaturated/α-hetero) is 1. The number of rotatable bonds is 4. The van der Waals surface area contributed by atoms with E-state index in [0.29, 0.717) is 11.1 Å². The number of nitro benzene ring substituents is 1. The highest BCUT2D eigenvalue weighted by Crippen LogP contribution is 2.42. The van der Waals surface area contributed by atoms with Crippen LogP contribution in [-0.4, -0.2) is 21.7 Å². The quantitative estimate of drug-likeness (QED) is 0.223. The molecule has 0 radical (unpaired) electrons. The van der Waals surface area contributed by atoms with Gasteiger partial charge in [0.1, 0.15) is 11.6 Å². The van der Waals surface area contributed by atoms with E-state index in [0.717, 1.165) is 17.0 Å². The molecule has 1 aliphatic rings. The normalized spacial score (nSPS) is 17.7. The molecule has 3 aromatic rings. The lowest BCUT2D eigenvalue weighted by Gasteiger charge is -2.25. The summed E-state index contributed by atoms with van der Waals surface area (Å²) >= 11 is 0. The Morgan fingerprint density at radius 3 is 2.13 bits per heavy atom. The topological polar surface area (TPSA) is 101 Å². The van der Waals surface area contributed by atoms with Gasteiger partial charge in [-0.05, 0) is 42.0 Å². The molecule has 1 saturated heterocycles. The number of aliphatic hydroxyl groups is 1. The van der Waals surface area contributed by atoms with Crippen molar-refractivity contribution in [2.75, 3.05) is 4.90 Å². The highest BCUT2D eigenvalue weighted by molar-refractivity contribution is 6.51. The Bertz CT molecular complexity index is 1200. The van der Waals surface area contributed by atoms with Gasteiger partial charge in [-0.1, -0.05) is 30.3 Å². The second-order valence-corrected chi connectivity index (χ2v) is 6.86. The van der Waals surface area contributed by atoms with Gasteiger partial charge in [-0.25, -0.2) is 4.39 Å². The Hall–Kier alpha value is -4.33. The van der Waals surface area contributed by atoms with E-state index in [1.165, 1.54) is 36.4 Å². The van der Waals surface area contributed by atoms with Gasteiger partial charge in [0.25, 0.3) is 17.4 Å². The first kappa shape index (κ1) is 20.0. The highest BCUT2D eigenvalue weighted by Gasteiger charge is 2.47. The Morgan fingerprint density at radius 2 is 1.55 bits per heavy atom. The standard InChI is InChI=1S/C23H15FN2O5/c24-16-8-12-17(13-9-16)25-20(14-6-10-18(11-7-14)26(30)31)19(22(28)23(25)29)21(27)15-4-2-1-3-5-15/h1-13,20,27H/t20-/m1/s1. The zero-order chi connectivity index (χ0) is 22.1. The third kappa shape index (κ3) is 3.55. The number of carbonyl (C=O) groups excluding carboxylic acids is 2. The number of halogens is 1. The molecule has 8 heteroatoms. The number of carbonyl (C=O) groups is 2. The van der Waals surface area contributed by atoms with Crippen LogP contribution in [0.4, 0.5) is 15.8 Å². The zero-order valence-corrected chi connectivity index (χ0v) is 15.9. The fourth-order valence-electron chi connectivity index (χ4n) is 3.55. The lowest BCUT2D eigenvalue weighted by atomic mass is 9.95. The number of hydrogen-bond donors (Lipinski definition) is 1. The van der Waals surface area contributed by atoms with Crippen LogP contribution in [0.15, 0.2) is 84.4 Å². The summed E-state index contributed by atoms with van der Waals surface area (Å²) in [4.78, 5) is 37.5. The Morgan fingerprint density at radius 1 is 0.935 bits per heavy atom. The van der Waals surface area contributed by atoms with Crippen LogP contribution in [-0.2, 0) is 9.59 Å². The molecular formula is C23H15FN2O5. The van der Waals surface area contributed by atoms with Gasteiger partial charge in [0.2, 0.25) is 0 Å². The van der Waals surface area contributed by atoms with E-state index in [2.05, 4.69) is 0 Å². The van der Waals surface area contributed by atoms with Crippen molar-refractivity contribution in [2.45, 2.75) is 6.04 Å². The molecule has 154 valence electrons. The summed E-state index contributed by atoms with van der Waals surface area (Å²) < 4.78 is 13.4. The van der Waals surface area contributed by atoms with Gasteiger partial charge in [0, 0.05) is 23.4 Å². The lowest BCUT2D eigenvalue weighted by Crippen LogP contribution is -2.29. The van der Waals surface area contributed by atoms with Crippen molar-refractivity contribution in [1.82, 2.24) is 0 Å². The van der Waals surface area contributed by atoms with E-state index < -0.39 is 28.5 Å². The first-order chi connectivity index (χ1) is 14.9. The van der Waals surface area contributed by atoms with Crippen molar-refractivity contribution in [3.8, 4) is 0 Å². The molecule has 1 fully saturated rings. The van der Waals surface area contributed by atoms with Crippen LogP contribution in [0.3, 0.4) is 0 Å². The number of non-ortho nitro benzene ring substituents is 1. The van der Waals surface area contributed by atoms with E-state index in [9.17, 15) is 29.2 Å². The molecule has 1 aliphatic heterocycles. The number of nitrogens with zero attached hydrogens (tertiary/aromatic N) is 2. The van der Waals surface area contributed by atoms with Crippen LogP contribution in [0.1, 0.15) is 17.2 Å². The summed E-state index contributed by atoms with van der Waals surface area (Å²) in [5.41, 5.74) is 0.650. The van der Waals surface area contributed by atoms with Crippen LogP contribution in [0, 0.1) is 15.9 Å². The van der Waals surface area contributed by atoms with Crippen molar-refractivity contribution in [3.05, 3.63) is 111 Å². The van der Waals surface area contributed by atoms with Gasteiger partial charge < -0.3 is 5.11 Å². The summed E-state index contributed by atoms with van der Waals surface area (Å²) in [5, 5.41) is 21.9. The Labute approximate surface area is 175 Å². The third-order valence-electron chi connectivity index (χ3n) is 5.02. The van der Waals surface area contributed by atoms with Crippen molar-refractivity contribution < 1.29 is 24.0 Å². The minimum Gasteiger partial charge on any atom is -0.507 e. The number of benzene rings is 3. The third-order valence-corrected chi connectivity index (χ3v) is 5.02.